The maximum absolute atomic E-state index is 13.3. The molecule has 1 atom stereocenters. The van der Waals surface area contributed by atoms with Gasteiger partial charge in [-0.2, -0.15) is 57.1 Å². The molecule has 0 saturated heterocycles. The largest absolute Gasteiger partial charge is 0.481 e. The summed E-state index contributed by atoms with van der Waals surface area (Å²) in [7, 11) is 0. The van der Waals surface area contributed by atoms with Crippen molar-refractivity contribution in [2.75, 3.05) is 0 Å². The summed E-state index contributed by atoms with van der Waals surface area (Å²) in [4.78, 5) is 10.1. The van der Waals surface area contributed by atoms with Crippen LogP contribution in [-0.2, 0) is 4.79 Å². The second-order valence-electron chi connectivity index (χ2n) is 4.92. The van der Waals surface area contributed by atoms with Gasteiger partial charge in [0.1, 0.15) is 0 Å². The number of carboxylic acid groups (broad SMARTS) is 1. The molecule has 25 heavy (non-hydrogen) atoms. The van der Waals surface area contributed by atoms with Crippen molar-refractivity contribution in [1.82, 2.24) is 0 Å². The highest BCUT2D eigenvalue weighted by Crippen LogP contribution is 2.61. The van der Waals surface area contributed by atoms with Crippen LogP contribution in [0, 0.1) is 5.92 Å². The molecule has 1 unspecified atom stereocenters. The summed E-state index contributed by atoms with van der Waals surface area (Å²) in [5.74, 6) is -43.1. The Morgan fingerprint density at radius 3 is 1.32 bits per heavy atom. The fourth-order valence-corrected chi connectivity index (χ4v) is 1.48. The van der Waals surface area contributed by atoms with Crippen molar-refractivity contribution < 1.29 is 67.0 Å². The van der Waals surface area contributed by atoms with Gasteiger partial charge in [0.25, 0.3) is 0 Å². The predicted molar refractivity (Wildman–Crippen MR) is 52.2 cm³/mol. The van der Waals surface area contributed by atoms with Crippen LogP contribution in [-0.4, -0.2) is 46.9 Å². The zero-order valence-corrected chi connectivity index (χ0v) is 11.6. The fraction of sp³-hybridized carbons (Fsp3) is 0.900. The summed E-state index contributed by atoms with van der Waals surface area (Å²) in [6, 6.07) is 0. The Kier molecular flexibility index (Phi) is 5.72. The number of rotatable bonds is 7. The molecule has 0 radical (unpaired) electrons. The summed E-state index contributed by atoms with van der Waals surface area (Å²) in [6.45, 7) is -0.127. The van der Waals surface area contributed by atoms with Crippen LogP contribution in [0.1, 0.15) is 13.3 Å². The lowest BCUT2D eigenvalue weighted by Crippen LogP contribution is -2.70. The molecule has 0 fully saturated rings. The maximum Gasteiger partial charge on any atom is 0.460 e. The molecule has 1 N–H and O–H groups in total. The Morgan fingerprint density at radius 1 is 0.720 bits per heavy atom. The van der Waals surface area contributed by atoms with E-state index in [0.29, 0.717) is 0 Å². The second-order valence-corrected chi connectivity index (χ2v) is 4.92. The Morgan fingerprint density at radius 2 is 1.04 bits per heavy atom. The molecule has 0 amide bonds. The molecule has 0 aromatic rings. The van der Waals surface area contributed by atoms with E-state index in [1.54, 1.807) is 0 Å². The van der Waals surface area contributed by atoms with Gasteiger partial charge in [0.05, 0.1) is 6.42 Å². The highest BCUT2D eigenvalue weighted by Gasteiger charge is 2.91. The molecule has 2 nitrogen and oxygen atoms in total. The standard InChI is InChI=1S/C10H7F13O2/c1-3(2-4(24)25)5(11,12)6(13,14)7(15,16)8(17,18)9(19,20)10(21,22)23/h3H,2H2,1H3,(H,24,25). The normalized spacial score (nSPS) is 16.7. The number of hydrogen-bond acceptors (Lipinski definition) is 1. The zero-order chi connectivity index (χ0) is 20.9. The van der Waals surface area contributed by atoms with E-state index < -0.39 is 54.1 Å². The first-order valence-corrected chi connectivity index (χ1v) is 5.76. The topological polar surface area (TPSA) is 37.3 Å². The number of alkyl halides is 13. The van der Waals surface area contributed by atoms with Gasteiger partial charge in [0.2, 0.25) is 0 Å². The van der Waals surface area contributed by atoms with E-state index in [4.69, 9.17) is 5.11 Å². The van der Waals surface area contributed by atoms with Crippen molar-refractivity contribution in [2.24, 2.45) is 5.92 Å². The Hall–Kier alpha value is -1.44. The zero-order valence-electron chi connectivity index (χ0n) is 11.6. The van der Waals surface area contributed by atoms with Crippen LogP contribution in [0.2, 0.25) is 0 Å². The van der Waals surface area contributed by atoms with Crippen molar-refractivity contribution in [3.63, 3.8) is 0 Å². The van der Waals surface area contributed by atoms with Crippen molar-refractivity contribution in [1.29, 1.82) is 0 Å². The quantitative estimate of drug-likeness (QED) is 0.615. The van der Waals surface area contributed by atoms with E-state index in [1.165, 1.54) is 0 Å². The smallest absolute Gasteiger partial charge is 0.460 e. The number of aliphatic carboxylic acids is 1. The molecular weight excluding hydrogens is 399 g/mol. The van der Waals surface area contributed by atoms with E-state index in [0.717, 1.165) is 0 Å². The second kappa shape index (κ2) is 6.07. The van der Waals surface area contributed by atoms with Gasteiger partial charge in [-0.05, 0) is 0 Å². The van der Waals surface area contributed by atoms with Crippen LogP contribution >= 0.6 is 0 Å². The highest BCUT2D eigenvalue weighted by molar-refractivity contribution is 5.67. The molecular formula is C10H7F13O2. The molecule has 15 heteroatoms. The SMILES string of the molecule is CC(CC(=O)O)C(F)(F)C(F)(F)C(F)(F)C(F)(F)C(F)(F)C(F)(F)F. The highest BCUT2D eigenvalue weighted by atomic mass is 19.4. The molecule has 150 valence electrons. The Labute approximate surface area is 129 Å². The van der Waals surface area contributed by atoms with Gasteiger partial charge in [-0.3, -0.25) is 4.79 Å². The number of carboxylic acids is 1. The lowest BCUT2D eigenvalue weighted by Gasteiger charge is -2.41. The molecule has 0 aliphatic carbocycles. The molecule has 0 aromatic carbocycles. The average Bonchev–Trinajstić information content (AvgIpc) is 2.35. The van der Waals surface area contributed by atoms with E-state index in [1.807, 2.05) is 0 Å². The third kappa shape index (κ3) is 3.32. The van der Waals surface area contributed by atoms with Crippen LogP contribution < -0.4 is 0 Å². The van der Waals surface area contributed by atoms with Crippen LogP contribution in [0.15, 0.2) is 0 Å². The van der Waals surface area contributed by atoms with Gasteiger partial charge < -0.3 is 5.11 Å². The van der Waals surface area contributed by atoms with Gasteiger partial charge in [-0.1, -0.05) is 6.92 Å². The van der Waals surface area contributed by atoms with Crippen molar-refractivity contribution in [3.8, 4) is 0 Å². The predicted octanol–water partition coefficient (Wildman–Crippen LogP) is 4.84. The molecule has 0 aromatic heterocycles. The number of carbonyl (C=O) groups is 1. The summed E-state index contributed by atoms with van der Waals surface area (Å²) < 4.78 is 165. The van der Waals surface area contributed by atoms with Gasteiger partial charge in [0.15, 0.2) is 0 Å². The van der Waals surface area contributed by atoms with Crippen molar-refractivity contribution >= 4 is 5.97 Å². The summed E-state index contributed by atoms with van der Waals surface area (Å²) in [5, 5.41) is 8.13. The molecule has 0 bridgehead atoms. The number of halogens is 13. The molecule has 0 heterocycles. The summed E-state index contributed by atoms with van der Waals surface area (Å²) in [5.41, 5.74) is 0. The molecule has 0 saturated carbocycles. The van der Waals surface area contributed by atoms with E-state index in [2.05, 4.69) is 0 Å². The minimum Gasteiger partial charge on any atom is -0.481 e. The molecule has 0 aliphatic heterocycles. The van der Waals surface area contributed by atoms with Crippen molar-refractivity contribution in [2.45, 2.75) is 49.1 Å². The lowest BCUT2D eigenvalue weighted by molar-refractivity contribution is -0.442. The first-order chi connectivity index (χ1) is 10.6. The van der Waals surface area contributed by atoms with Gasteiger partial charge in [-0.25, -0.2) is 0 Å². The van der Waals surface area contributed by atoms with Gasteiger partial charge in [0, 0.05) is 5.92 Å². The third-order valence-electron chi connectivity index (χ3n) is 3.06. The van der Waals surface area contributed by atoms with Gasteiger partial charge in [-0.15, -0.1) is 0 Å². The van der Waals surface area contributed by atoms with E-state index in [-0.39, 0.29) is 6.92 Å². The Balaban J connectivity index is 6.25. The number of hydrogen-bond donors (Lipinski definition) is 1. The van der Waals surface area contributed by atoms with Crippen LogP contribution in [0.5, 0.6) is 0 Å². The minimum atomic E-state index is -7.98. The third-order valence-corrected chi connectivity index (χ3v) is 3.06. The first kappa shape index (κ1) is 23.6. The minimum absolute atomic E-state index is 0.127. The molecule has 0 aliphatic rings. The fourth-order valence-electron chi connectivity index (χ4n) is 1.48. The van der Waals surface area contributed by atoms with Crippen LogP contribution in [0.3, 0.4) is 0 Å². The average molecular weight is 406 g/mol. The maximum atomic E-state index is 13.3. The lowest BCUT2D eigenvalue weighted by atomic mass is 9.87. The van der Waals surface area contributed by atoms with Crippen molar-refractivity contribution in [3.05, 3.63) is 0 Å². The molecule has 0 rings (SSSR count). The summed E-state index contributed by atoms with van der Waals surface area (Å²) in [6.07, 6.45) is -9.47. The van der Waals surface area contributed by atoms with Gasteiger partial charge >= 0.3 is 41.8 Å². The molecule has 0 spiro atoms. The van der Waals surface area contributed by atoms with Crippen LogP contribution in [0.25, 0.3) is 0 Å². The first-order valence-electron chi connectivity index (χ1n) is 5.76. The van der Waals surface area contributed by atoms with Crippen LogP contribution in [0.4, 0.5) is 57.1 Å². The Bertz CT molecular complexity index is 507. The summed E-state index contributed by atoms with van der Waals surface area (Å²) >= 11 is 0. The monoisotopic (exact) mass is 406 g/mol. The van der Waals surface area contributed by atoms with E-state index >= 15 is 0 Å². The van der Waals surface area contributed by atoms with E-state index in [9.17, 15) is 61.9 Å².